The third-order valence-electron chi connectivity index (χ3n) is 3.34. The number of nitrogens with one attached hydrogen (secondary N) is 1. The van der Waals surface area contributed by atoms with Crippen LogP contribution in [0.5, 0.6) is 0 Å². The van der Waals surface area contributed by atoms with E-state index in [9.17, 15) is 4.79 Å². The first-order chi connectivity index (χ1) is 9.74. The zero-order valence-electron chi connectivity index (χ0n) is 12.3. The Morgan fingerprint density at radius 1 is 1.35 bits per heavy atom. The highest BCUT2D eigenvalue weighted by atomic mass is 32.2. The molecule has 0 aromatic carbocycles. The fraction of sp³-hybridized carbons (Fsp3) is 0.600. The molecule has 0 radical (unpaired) electrons. The average Bonchev–Trinajstić information content (AvgIpc) is 2.52. The summed E-state index contributed by atoms with van der Waals surface area (Å²) in [6.07, 6.45) is 1.89. The number of carbonyl (C=O) groups is 1. The van der Waals surface area contributed by atoms with Gasteiger partial charge in [-0.3, -0.25) is 4.79 Å². The molecule has 1 aliphatic rings. The molecule has 4 nitrogen and oxygen atoms in total. The third kappa shape index (κ3) is 3.88. The Labute approximate surface area is 125 Å². The molecule has 1 saturated heterocycles. The Kier molecular flexibility index (Phi) is 5.71. The SMILES string of the molecule is CCCNc1cc(C(=O)N2CCSCC2)cc(CC)n1. The highest BCUT2D eigenvalue weighted by Crippen LogP contribution is 2.16. The summed E-state index contributed by atoms with van der Waals surface area (Å²) >= 11 is 1.91. The molecule has 1 fully saturated rings. The van der Waals surface area contributed by atoms with Crippen LogP contribution in [0.1, 0.15) is 36.3 Å². The number of aryl methyl sites for hydroxylation is 1. The van der Waals surface area contributed by atoms with Gasteiger partial charge < -0.3 is 10.2 Å². The van der Waals surface area contributed by atoms with Crippen molar-refractivity contribution in [3.63, 3.8) is 0 Å². The maximum Gasteiger partial charge on any atom is 0.254 e. The molecule has 1 aromatic rings. The van der Waals surface area contributed by atoms with E-state index in [1.165, 1.54) is 0 Å². The molecule has 20 heavy (non-hydrogen) atoms. The quantitative estimate of drug-likeness (QED) is 0.906. The Hall–Kier alpha value is -1.23. The monoisotopic (exact) mass is 293 g/mol. The van der Waals surface area contributed by atoms with Crippen LogP contribution in [0.4, 0.5) is 5.82 Å². The van der Waals surface area contributed by atoms with E-state index >= 15 is 0 Å². The molecule has 110 valence electrons. The van der Waals surface area contributed by atoms with Crippen molar-refractivity contribution in [3.05, 3.63) is 23.4 Å². The van der Waals surface area contributed by atoms with E-state index in [0.29, 0.717) is 0 Å². The number of nitrogens with zero attached hydrogens (tertiary/aromatic N) is 2. The predicted octanol–water partition coefficient (Wildman–Crippen LogP) is 2.65. The van der Waals surface area contributed by atoms with Crippen molar-refractivity contribution in [1.29, 1.82) is 0 Å². The first kappa shape index (κ1) is 15.2. The molecule has 0 atom stereocenters. The second-order valence-corrected chi connectivity index (χ2v) is 6.14. The first-order valence-electron chi connectivity index (χ1n) is 7.36. The minimum atomic E-state index is 0.141. The molecular formula is C15H23N3OS. The minimum Gasteiger partial charge on any atom is -0.370 e. The molecule has 0 bridgehead atoms. The van der Waals surface area contributed by atoms with Crippen molar-refractivity contribution >= 4 is 23.5 Å². The normalized spacial score (nSPS) is 15.2. The second kappa shape index (κ2) is 7.53. The fourth-order valence-electron chi connectivity index (χ4n) is 2.18. The van der Waals surface area contributed by atoms with Gasteiger partial charge >= 0.3 is 0 Å². The van der Waals surface area contributed by atoms with Crippen molar-refractivity contribution in [1.82, 2.24) is 9.88 Å². The summed E-state index contributed by atoms with van der Waals surface area (Å²) in [5.74, 6) is 3.04. The highest BCUT2D eigenvalue weighted by Gasteiger charge is 2.19. The van der Waals surface area contributed by atoms with Gasteiger partial charge in [-0.25, -0.2) is 4.98 Å². The number of hydrogen-bond acceptors (Lipinski definition) is 4. The van der Waals surface area contributed by atoms with Crippen molar-refractivity contribution in [3.8, 4) is 0 Å². The number of pyridine rings is 1. The van der Waals surface area contributed by atoms with Crippen LogP contribution < -0.4 is 5.32 Å². The Morgan fingerprint density at radius 2 is 2.10 bits per heavy atom. The van der Waals surface area contributed by atoms with E-state index in [0.717, 1.165) is 61.1 Å². The van der Waals surface area contributed by atoms with Crippen LogP contribution in [0.15, 0.2) is 12.1 Å². The van der Waals surface area contributed by atoms with Gasteiger partial charge in [-0.05, 0) is 25.0 Å². The van der Waals surface area contributed by atoms with Gasteiger partial charge in [0, 0.05) is 42.4 Å². The number of rotatable bonds is 5. The standard InChI is InChI=1S/C15H23N3OS/c1-3-5-16-14-11-12(10-13(4-2)17-14)15(19)18-6-8-20-9-7-18/h10-11H,3-9H2,1-2H3,(H,16,17). The van der Waals surface area contributed by atoms with E-state index in [1.807, 2.05) is 28.8 Å². The largest absolute Gasteiger partial charge is 0.370 e. The topological polar surface area (TPSA) is 45.2 Å². The van der Waals surface area contributed by atoms with Crippen molar-refractivity contribution in [2.45, 2.75) is 26.7 Å². The lowest BCUT2D eigenvalue weighted by molar-refractivity contribution is 0.0772. The molecular weight excluding hydrogens is 270 g/mol. The summed E-state index contributed by atoms with van der Waals surface area (Å²) in [7, 11) is 0. The lowest BCUT2D eigenvalue weighted by Crippen LogP contribution is -2.38. The maximum atomic E-state index is 12.6. The molecule has 2 rings (SSSR count). The Bertz CT molecular complexity index is 458. The van der Waals surface area contributed by atoms with Gasteiger partial charge in [0.2, 0.25) is 0 Å². The Morgan fingerprint density at radius 3 is 2.75 bits per heavy atom. The third-order valence-corrected chi connectivity index (χ3v) is 4.28. The number of hydrogen-bond donors (Lipinski definition) is 1. The molecule has 0 spiro atoms. The highest BCUT2D eigenvalue weighted by molar-refractivity contribution is 7.99. The van der Waals surface area contributed by atoms with Crippen LogP contribution in [-0.2, 0) is 6.42 Å². The van der Waals surface area contributed by atoms with Crippen LogP contribution in [0.25, 0.3) is 0 Å². The number of thioether (sulfide) groups is 1. The number of anilines is 1. The van der Waals surface area contributed by atoms with Crippen LogP contribution >= 0.6 is 11.8 Å². The fourth-order valence-corrected chi connectivity index (χ4v) is 3.09. The molecule has 0 saturated carbocycles. The van der Waals surface area contributed by atoms with Crippen LogP contribution in [0, 0.1) is 0 Å². The molecule has 2 heterocycles. The van der Waals surface area contributed by atoms with E-state index in [2.05, 4.69) is 24.1 Å². The smallest absolute Gasteiger partial charge is 0.254 e. The Balaban J connectivity index is 2.18. The van der Waals surface area contributed by atoms with Crippen LogP contribution in [0.2, 0.25) is 0 Å². The maximum absolute atomic E-state index is 12.6. The van der Waals surface area contributed by atoms with Crippen LogP contribution in [-0.4, -0.2) is 46.9 Å². The molecule has 0 unspecified atom stereocenters. The summed E-state index contributed by atoms with van der Waals surface area (Å²) in [4.78, 5) is 19.0. The number of amides is 1. The molecule has 1 aliphatic heterocycles. The van der Waals surface area contributed by atoms with E-state index in [-0.39, 0.29) is 5.91 Å². The molecule has 0 aliphatic carbocycles. The summed E-state index contributed by atoms with van der Waals surface area (Å²) < 4.78 is 0. The summed E-state index contributed by atoms with van der Waals surface area (Å²) in [6, 6.07) is 3.82. The zero-order valence-corrected chi connectivity index (χ0v) is 13.1. The summed E-state index contributed by atoms with van der Waals surface area (Å²) in [6.45, 7) is 6.77. The van der Waals surface area contributed by atoms with Crippen molar-refractivity contribution in [2.75, 3.05) is 36.5 Å². The number of aromatic nitrogens is 1. The van der Waals surface area contributed by atoms with Gasteiger partial charge in [-0.15, -0.1) is 0 Å². The molecule has 1 amide bonds. The van der Waals surface area contributed by atoms with Gasteiger partial charge in [0.1, 0.15) is 5.82 Å². The second-order valence-electron chi connectivity index (χ2n) is 4.92. The lowest BCUT2D eigenvalue weighted by atomic mass is 10.1. The summed E-state index contributed by atoms with van der Waals surface area (Å²) in [5, 5.41) is 3.28. The van der Waals surface area contributed by atoms with Gasteiger partial charge in [0.15, 0.2) is 0 Å². The van der Waals surface area contributed by atoms with E-state index < -0.39 is 0 Å². The van der Waals surface area contributed by atoms with Gasteiger partial charge in [-0.1, -0.05) is 13.8 Å². The van der Waals surface area contributed by atoms with Crippen LogP contribution in [0.3, 0.4) is 0 Å². The number of carbonyl (C=O) groups excluding carboxylic acids is 1. The van der Waals surface area contributed by atoms with Gasteiger partial charge in [0.25, 0.3) is 5.91 Å². The zero-order chi connectivity index (χ0) is 14.4. The molecule has 5 heteroatoms. The summed E-state index contributed by atoms with van der Waals surface area (Å²) in [5.41, 5.74) is 1.74. The van der Waals surface area contributed by atoms with Crippen molar-refractivity contribution < 1.29 is 4.79 Å². The lowest BCUT2D eigenvalue weighted by Gasteiger charge is -2.26. The predicted molar refractivity (Wildman–Crippen MR) is 85.6 cm³/mol. The first-order valence-corrected chi connectivity index (χ1v) is 8.52. The van der Waals surface area contributed by atoms with Crippen molar-refractivity contribution in [2.24, 2.45) is 0 Å². The molecule has 1 aromatic heterocycles. The van der Waals surface area contributed by atoms with Gasteiger partial charge in [-0.2, -0.15) is 11.8 Å². The van der Waals surface area contributed by atoms with Gasteiger partial charge in [0.05, 0.1) is 0 Å². The minimum absolute atomic E-state index is 0.141. The molecule has 1 N–H and O–H groups in total. The van der Waals surface area contributed by atoms with E-state index in [4.69, 9.17) is 0 Å². The van der Waals surface area contributed by atoms with E-state index in [1.54, 1.807) is 0 Å². The average molecular weight is 293 g/mol.